The molecule has 0 bridgehead atoms. The van der Waals surface area contributed by atoms with Crippen molar-refractivity contribution < 1.29 is 0 Å². The van der Waals surface area contributed by atoms with Crippen LogP contribution < -0.4 is 0 Å². The number of fused-ring (bicyclic) bond motifs is 3. The largest absolute Gasteiger partial charge is 0.0795 e. The Hall–Kier alpha value is -1.04. The van der Waals surface area contributed by atoms with Crippen molar-refractivity contribution in [3.63, 3.8) is 0 Å². The van der Waals surface area contributed by atoms with Crippen molar-refractivity contribution in [3.05, 3.63) is 40.0 Å². The first-order valence-corrected chi connectivity index (χ1v) is 6.23. The fourth-order valence-electron chi connectivity index (χ4n) is 3.12. The standard InChI is InChI=1S/C15H18/c1-2-11-10-12-6-5-9-14(12)15-8-4-3-7-13(11)15/h5,9-10H,2-4,6-8H2,1H3. The zero-order valence-corrected chi connectivity index (χ0v) is 9.47. The molecule has 78 valence electrons. The molecule has 0 atom stereocenters. The summed E-state index contributed by atoms with van der Waals surface area (Å²) in [5, 5.41) is 0. The van der Waals surface area contributed by atoms with Gasteiger partial charge >= 0.3 is 0 Å². The normalized spacial score (nSPS) is 17.7. The summed E-state index contributed by atoms with van der Waals surface area (Å²) < 4.78 is 0. The number of hydrogen-bond donors (Lipinski definition) is 0. The molecular weight excluding hydrogens is 180 g/mol. The second-order valence-electron chi connectivity index (χ2n) is 4.73. The van der Waals surface area contributed by atoms with E-state index in [9.17, 15) is 0 Å². The van der Waals surface area contributed by atoms with Gasteiger partial charge in [-0.2, -0.15) is 0 Å². The summed E-state index contributed by atoms with van der Waals surface area (Å²) in [6.07, 6.45) is 12.4. The summed E-state index contributed by atoms with van der Waals surface area (Å²) in [6, 6.07) is 2.46. The molecule has 3 rings (SSSR count). The van der Waals surface area contributed by atoms with Crippen LogP contribution in [-0.4, -0.2) is 0 Å². The van der Waals surface area contributed by atoms with E-state index in [4.69, 9.17) is 0 Å². The van der Waals surface area contributed by atoms with Gasteiger partial charge in [-0.15, -0.1) is 0 Å². The first-order valence-electron chi connectivity index (χ1n) is 6.23. The number of benzene rings is 1. The maximum absolute atomic E-state index is 2.46. The zero-order valence-electron chi connectivity index (χ0n) is 9.47. The lowest BCUT2D eigenvalue weighted by atomic mass is 9.83. The molecule has 0 N–H and O–H groups in total. The molecular formula is C15H18. The maximum Gasteiger partial charge on any atom is -0.00880 e. The Morgan fingerprint density at radius 1 is 1.13 bits per heavy atom. The smallest absolute Gasteiger partial charge is 0.00880 e. The quantitative estimate of drug-likeness (QED) is 0.645. The second kappa shape index (κ2) is 3.52. The van der Waals surface area contributed by atoms with E-state index in [0.29, 0.717) is 0 Å². The number of hydrogen-bond acceptors (Lipinski definition) is 0. The molecule has 0 heterocycles. The third-order valence-corrected chi connectivity index (χ3v) is 3.88. The molecule has 0 fully saturated rings. The fraction of sp³-hybridized carbons (Fsp3) is 0.467. The fourth-order valence-corrected chi connectivity index (χ4v) is 3.12. The van der Waals surface area contributed by atoms with Gasteiger partial charge in [0.25, 0.3) is 0 Å². The van der Waals surface area contributed by atoms with Gasteiger partial charge in [0.15, 0.2) is 0 Å². The first kappa shape index (κ1) is 9.21. The summed E-state index contributed by atoms with van der Waals surface area (Å²) in [5.41, 5.74) is 8.14. The molecule has 15 heavy (non-hydrogen) atoms. The van der Waals surface area contributed by atoms with Crippen LogP contribution in [0.3, 0.4) is 0 Å². The summed E-state index contributed by atoms with van der Waals surface area (Å²) in [7, 11) is 0. The molecule has 0 heteroatoms. The summed E-state index contributed by atoms with van der Waals surface area (Å²) >= 11 is 0. The van der Waals surface area contributed by atoms with Crippen LogP contribution in [0.1, 0.15) is 47.6 Å². The highest BCUT2D eigenvalue weighted by Gasteiger charge is 2.19. The van der Waals surface area contributed by atoms with E-state index in [1.54, 1.807) is 27.8 Å². The Bertz CT molecular complexity index is 424. The lowest BCUT2D eigenvalue weighted by Crippen LogP contribution is -2.09. The van der Waals surface area contributed by atoms with E-state index in [1.807, 2.05) is 0 Å². The molecule has 0 aliphatic heterocycles. The van der Waals surface area contributed by atoms with E-state index >= 15 is 0 Å². The van der Waals surface area contributed by atoms with Gasteiger partial charge < -0.3 is 0 Å². The highest BCUT2D eigenvalue weighted by atomic mass is 14.2. The van der Waals surface area contributed by atoms with E-state index in [1.165, 1.54) is 32.1 Å². The SMILES string of the molecule is CCc1cc2c(c3c1CCCC3)C=CC2. The lowest BCUT2D eigenvalue weighted by molar-refractivity contribution is 0.677. The van der Waals surface area contributed by atoms with E-state index in [0.717, 1.165) is 6.42 Å². The molecule has 0 nitrogen and oxygen atoms in total. The Labute approximate surface area is 92.0 Å². The van der Waals surface area contributed by atoms with Gasteiger partial charge in [-0.25, -0.2) is 0 Å². The van der Waals surface area contributed by atoms with Crippen molar-refractivity contribution >= 4 is 6.08 Å². The van der Waals surface area contributed by atoms with Gasteiger partial charge in [0, 0.05) is 0 Å². The van der Waals surface area contributed by atoms with Crippen LogP contribution in [0.15, 0.2) is 12.1 Å². The summed E-state index contributed by atoms with van der Waals surface area (Å²) in [6.45, 7) is 2.29. The third-order valence-electron chi connectivity index (χ3n) is 3.88. The van der Waals surface area contributed by atoms with Crippen LogP contribution in [-0.2, 0) is 25.7 Å². The van der Waals surface area contributed by atoms with Crippen molar-refractivity contribution in [2.45, 2.75) is 45.4 Å². The molecule has 0 aromatic heterocycles. The average Bonchev–Trinajstić information content (AvgIpc) is 2.76. The summed E-state index contributed by atoms with van der Waals surface area (Å²) in [4.78, 5) is 0. The molecule has 0 unspecified atom stereocenters. The Kier molecular flexibility index (Phi) is 2.16. The van der Waals surface area contributed by atoms with Gasteiger partial charge in [0.1, 0.15) is 0 Å². The maximum atomic E-state index is 2.46. The molecule has 0 saturated carbocycles. The highest BCUT2D eigenvalue weighted by molar-refractivity contribution is 5.66. The minimum atomic E-state index is 1.16. The van der Waals surface area contributed by atoms with Crippen LogP contribution >= 0.6 is 0 Å². The van der Waals surface area contributed by atoms with Crippen LogP contribution in [0.25, 0.3) is 6.08 Å². The zero-order chi connectivity index (χ0) is 10.3. The average molecular weight is 198 g/mol. The van der Waals surface area contributed by atoms with E-state index < -0.39 is 0 Å². The molecule has 2 aliphatic carbocycles. The number of rotatable bonds is 1. The van der Waals surface area contributed by atoms with E-state index in [-0.39, 0.29) is 0 Å². The Balaban J connectivity index is 2.23. The minimum absolute atomic E-state index is 1.16. The summed E-state index contributed by atoms with van der Waals surface area (Å²) in [5.74, 6) is 0. The van der Waals surface area contributed by atoms with Gasteiger partial charge in [-0.3, -0.25) is 0 Å². The van der Waals surface area contributed by atoms with Gasteiger partial charge in [-0.05, 0) is 66.3 Å². The predicted molar refractivity (Wildman–Crippen MR) is 65.2 cm³/mol. The molecule has 1 aromatic carbocycles. The van der Waals surface area contributed by atoms with Crippen LogP contribution in [0.5, 0.6) is 0 Å². The van der Waals surface area contributed by atoms with Crippen molar-refractivity contribution in [1.29, 1.82) is 0 Å². The lowest BCUT2D eigenvalue weighted by Gasteiger charge is -2.22. The minimum Gasteiger partial charge on any atom is -0.0795 e. The van der Waals surface area contributed by atoms with Gasteiger partial charge in [-0.1, -0.05) is 25.1 Å². The molecule has 0 spiro atoms. The first-order chi connectivity index (χ1) is 7.40. The molecule has 0 saturated heterocycles. The Morgan fingerprint density at radius 2 is 1.93 bits per heavy atom. The topological polar surface area (TPSA) is 0 Å². The van der Waals surface area contributed by atoms with Crippen molar-refractivity contribution in [2.24, 2.45) is 0 Å². The molecule has 0 amide bonds. The molecule has 1 aromatic rings. The van der Waals surface area contributed by atoms with Crippen molar-refractivity contribution in [3.8, 4) is 0 Å². The van der Waals surface area contributed by atoms with Crippen molar-refractivity contribution in [2.75, 3.05) is 0 Å². The molecule has 2 aliphatic rings. The second-order valence-corrected chi connectivity index (χ2v) is 4.73. The van der Waals surface area contributed by atoms with Crippen LogP contribution in [0.2, 0.25) is 0 Å². The predicted octanol–water partition coefficient (Wildman–Crippen LogP) is 3.70. The number of aryl methyl sites for hydroxylation is 1. The van der Waals surface area contributed by atoms with Crippen molar-refractivity contribution in [1.82, 2.24) is 0 Å². The molecule has 0 radical (unpaired) electrons. The Morgan fingerprint density at radius 3 is 2.73 bits per heavy atom. The van der Waals surface area contributed by atoms with Gasteiger partial charge in [0.05, 0.1) is 0 Å². The van der Waals surface area contributed by atoms with Crippen LogP contribution in [0.4, 0.5) is 0 Å². The number of allylic oxidation sites excluding steroid dienone is 1. The monoisotopic (exact) mass is 198 g/mol. The van der Waals surface area contributed by atoms with Crippen LogP contribution in [0, 0.1) is 0 Å². The van der Waals surface area contributed by atoms with Gasteiger partial charge in [0.2, 0.25) is 0 Å². The third kappa shape index (κ3) is 1.35. The highest BCUT2D eigenvalue weighted by Crippen LogP contribution is 2.34. The van der Waals surface area contributed by atoms with E-state index in [2.05, 4.69) is 25.1 Å².